The molecule has 1 amide bonds. The van der Waals surface area contributed by atoms with Crippen LogP contribution >= 0.6 is 0 Å². The quantitative estimate of drug-likeness (QED) is 0.608. The SMILES string of the molecule is CCOC(=O)C1CCN(c2cc(C(F)(F)F)ccc2C2CN(C(=O)OC(C)(C)C)C2)CC1. The van der Waals surface area contributed by atoms with Gasteiger partial charge in [0.2, 0.25) is 0 Å². The van der Waals surface area contributed by atoms with Crippen molar-refractivity contribution in [3.8, 4) is 0 Å². The van der Waals surface area contributed by atoms with Crippen LogP contribution in [0.1, 0.15) is 57.6 Å². The number of alkyl halides is 3. The number of halogens is 3. The Labute approximate surface area is 186 Å². The summed E-state index contributed by atoms with van der Waals surface area (Å²) in [5.74, 6) is -0.544. The van der Waals surface area contributed by atoms with E-state index in [4.69, 9.17) is 9.47 Å². The summed E-state index contributed by atoms with van der Waals surface area (Å²) < 4.78 is 50.6. The first kappa shape index (κ1) is 24.2. The smallest absolute Gasteiger partial charge is 0.416 e. The van der Waals surface area contributed by atoms with E-state index >= 15 is 0 Å². The number of esters is 1. The third kappa shape index (κ3) is 5.66. The molecule has 1 aromatic rings. The molecule has 0 N–H and O–H groups in total. The standard InChI is InChI=1S/C23H31F3N2O4/c1-5-31-20(29)15-8-10-27(11-9-15)19-12-17(23(24,25)26)6-7-18(19)16-13-28(14-16)21(30)32-22(2,3)4/h6-7,12,15-16H,5,8-11,13-14H2,1-4H3. The predicted octanol–water partition coefficient (Wildman–Crippen LogP) is 4.82. The van der Waals surface area contributed by atoms with Crippen molar-refractivity contribution in [3.05, 3.63) is 29.3 Å². The number of piperidine rings is 1. The predicted molar refractivity (Wildman–Crippen MR) is 114 cm³/mol. The van der Waals surface area contributed by atoms with Crippen LogP contribution in [0, 0.1) is 5.92 Å². The van der Waals surface area contributed by atoms with Crippen LogP contribution in [0.25, 0.3) is 0 Å². The second kappa shape index (κ2) is 9.19. The topological polar surface area (TPSA) is 59.1 Å². The molecule has 0 radical (unpaired) electrons. The number of nitrogens with zero attached hydrogens (tertiary/aromatic N) is 2. The molecule has 2 saturated heterocycles. The van der Waals surface area contributed by atoms with E-state index in [0.717, 1.165) is 11.6 Å². The zero-order chi connectivity index (χ0) is 23.7. The number of carbonyl (C=O) groups excluding carboxylic acids is 2. The highest BCUT2D eigenvalue weighted by Crippen LogP contribution is 2.40. The van der Waals surface area contributed by atoms with E-state index in [-0.39, 0.29) is 17.8 Å². The van der Waals surface area contributed by atoms with Crippen LogP contribution in [-0.4, -0.2) is 55.3 Å². The van der Waals surface area contributed by atoms with Gasteiger partial charge < -0.3 is 19.3 Å². The lowest BCUT2D eigenvalue weighted by atomic mass is 9.88. The van der Waals surface area contributed by atoms with Crippen LogP contribution in [0.5, 0.6) is 0 Å². The van der Waals surface area contributed by atoms with Crippen molar-refractivity contribution in [2.75, 3.05) is 37.7 Å². The van der Waals surface area contributed by atoms with E-state index in [1.807, 2.05) is 4.90 Å². The molecule has 0 saturated carbocycles. The zero-order valence-electron chi connectivity index (χ0n) is 19.0. The van der Waals surface area contributed by atoms with E-state index in [2.05, 4.69) is 0 Å². The first-order valence-electron chi connectivity index (χ1n) is 11.0. The average Bonchev–Trinajstić information content (AvgIpc) is 2.65. The van der Waals surface area contributed by atoms with Crippen molar-refractivity contribution in [1.29, 1.82) is 0 Å². The monoisotopic (exact) mass is 456 g/mol. The molecule has 6 nitrogen and oxygen atoms in total. The van der Waals surface area contributed by atoms with Gasteiger partial charge in [0.05, 0.1) is 18.1 Å². The van der Waals surface area contributed by atoms with Gasteiger partial charge in [-0.2, -0.15) is 13.2 Å². The summed E-state index contributed by atoms with van der Waals surface area (Å²) in [6.07, 6.45) is -3.80. The van der Waals surface area contributed by atoms with Gasteiger partial charge >= 0.3 is 18.2 Å². The Hall–Kier alpha value is -2.45. The fraction of sp³-hybridized carbons (Fsp3) is 0.652. The number of likely N-dealkylation sites (tertiary alicyclic amines) is 1. The Morgan fingerprint density at radius 2 is 1.72 bits per heavy atom. The van der Waals surface area contributed by atoms with Crippen molar-refractivity contribution >= 4 is 17.7 Å². The summed E-state index contributed by atoms with van der Waals surface area (Å²) in [5.41, 5.74) is 0.000705. The molecular formula is C23H31F3N2O4. The number of amides is 1. The molecular weight excluding hydrogens is 425 g/mol. The Balaban J connectivity index is 1.75. The number of rotatable bonds is 4. The van der Waals surface area contributed by atoms with Crippen LogP contribution in [0.3, 0.4) is 0 Å². The van der Waals surface area contributed by atoms with Gasteiger partial charge in [0.25, 0.3) is 0 Å². The second-order valence-electron chi connectivity index (χ2n) is 9.37. The zero-order valence-corrected chi connectivity index (χ0v) is 19.0. The molecule has 2 aliphatic heterocycles. The minimum Gasteiger partial charge on any atom is -0.466 e. The minimum absolute atomic E-state index is 0.0671. The largest absolute Gasteiger partial charge is 0.466 e. The van der Waals surface area contributed by atoms with Gasteiger partial charge in [-0.25, -0.2) is 4.79 Å². The van der Waals surface area contributed by atoms with Gasteiger partial charge in [0.1, 0.15) is 5.60 Å². The molecule has 2 aliphatic rings. The number of carbonyl (C=O) groups is 2. The lowest BCUT2D eigenvalue weighted by molar-refractivity contribution is -0.148. The maximum atomic E-state index is 13.4. The van der Waals surface area contributed by atoms with Gasteiger partial charge in [-0.05, 0) is 58.2 Å². The number of anilines is 1. The van der Waals surface area contributed by atoms with Crippen molar-refractivity contribution in [1.82, 2.24) is 4.90 Å². The maximum absolute atomic E-state index is 13.4. The maximum Gasteiger partial charge on any atom is 0.416 e. The number of hydrogen-bond acceptors (Lipinski definition) is 5. The molecule has 0 bridgehead atoms. The molecule has 2 fully saturated rings. The Morgan fingerprint density at radius 1 is 1.09 bits per heavy atom. The molecule has 0 aromatic heterocycles. The van der Waals surface area contributed by atoms with E-state index < -0.39 is 23.4 Å². The van der Waals surface area contributed by atoms with Crippen molar-refractivity contribution in [2.24, 2.45) is 5.92 Å². The highest BCUT2D eigenvalue weighted by Gasteiger charge is 2.38. The number of hydrogen-bond donors (Lipinski definition) is 0. The Morgan fingerprint density at radius 3 is 2.25 bits per heavy atom. The van der Waals surface area contributed by atoms with Crippen LogP contribution in [0.15, 0.2) is 18.2 Å². The van der Waals surface area contributed by atoms with Crippen LogP contribution in [0.2, 0.25) is 0 Å². The highest BCUT2D eigenvalue weighted by atomic mass is 19.4. The lowest BCUT2D eigenvalue weighted by Crippen LogP contribution is -2.50. The number of ether oxygens (including phenoxy) is 2. The van der Waals surface area contributed by atoms with E-state index in [1.54, 1.807) is 32.6 Å². The van der Waals surface area contributed by atoms with Crippen LogP contribution < -0.4 is 4.90 Å². The first-order chi connectivity index (χ1) is 14.9. The van der Waals surface area contributed by atoms with Gasteiger partial charge in [0, 0.05) is 37.8 Å². The molecule has 0 spiro atoms. The summed E-state index contributed by atoms with van der Waals surface area (Å²) in [6.45, 7) is 9.16. The Bertz CT molecular complexity index is 837. The highest BCUT2D eigenvalue weighted by molar-refractivity contribution is 5.73. The molecule has 0 aliphatic carbocycles. The molecule has 9 heteroatoms. The first-order valence-corrected chi connectivity index (χ1v) is 11.0. The summed E-state index contributed by atoms with van der Waals surface area (Å²) in [5, 5.41) is 0. The minimum atomic E-state index is -4.45. The molecule has 0 unspecified atom stereocenters. The van der Waals surface area contributed by atoms with E-state index in [9.17, 15) is 22.8 Å². The molecule has 3 rings (SSSR count). The van der Waals surface area contributed by atoms with Gasteiger partial charge in [0.15, 0.2) is 0 Å². The van der Waals surface area contributed by atoms with Crippen LogP contribution in [-0.2, 0) is 20.4 Å². The summed E-state index contributed by atoms with van der Waals surface area (Å²) in [7, 11) is 0. The van der Waals surface area contributed by atoms with Crippen molar-refractivity contribution < 1.29 is 32.2 Å². The summed E-state index contributed by atoms with van der Waals surface area (Å²) >= 11 is 0. The fourth-order valence-electron chi connectivity index (χ4n) is 4.11. The van der Waals surface area contributed by atoms with Crippen LogP contribution in [0.4, 0.5) is 23.7 Å². The lowest BCUT2D eigenvalue weighted by Gasteiger charge is -2.42. The van der Waals surface area contributed by atoms with Gasteiger partial charge in [-0.3, -0.25) is 4.79 Å². The summed E-state index contributed by atoms with van der Waals surface area (Å²) in [4.78, 5) is 27.7. The number of benzene rings is 1. The molecule has 178 valence electrons. The Kier molecular flexibility index (Phi) is 6.95. The van der Waals surface area contributed by atoms with Crippen molar-refractivity contribution in [3.63, 3.8) is 0 Å². The molecule has 1 aromatic carbocycles. The fourth-order valence-corrected chi connectivity index (χ4v) is 4.11. The molecule has 2 heterocycles. The van der Waals surface area contributed by atoms with Gasteiger partial charge in [-0.1, -0.05) is 6.07 Å². The summed E-state index contributed by atoms with van der Waals surface area (Å²) in [6, 6.07) is 3.81. The van der Waals surface area contributed by atoms with E-state index in [1.165, 1.54) is 12.1 Å². The second-order valence-corrected chi connectivity index (χ2v) is 9.37. The van der Waals surface area contributed by atoms with E-state index in [0.29, 0.717) is 51.3 Å². The molecule has 0 atom stereocenters. The van der Waals surface area contributed by atoms with Crippen molar-refractivity contribution in [2.45, 2.75) is 58.2 Å². The normalized spacial score (nSPS) is 18.3. The third-order valence-electron chi connectivity index (χ3n) is 5.79. The molecule has 32 heavy (non-hydrogen) atoms. The third-order valence-corrected chi connectivity index (χ3v) is 5.79. The van der Waals surface area contributed by atoms with Gasteiger partial charge in [-0.15, -0.1) is 0 Å². The average molecular weight is 457 g/mol.